The lowest BCUT2D eigenvalue weighted by molar-refractivity contribution is -0.115. The van der Waals surface area contributed by atoms with Crippen LogP contribution in [-0.4, -0.2) is 5.91 Å². The molecule has 1 aromatic carbocycles. The molecule has 1 amide bonds. The van der Waals surface area contributed by atoms with Crippen LogP contribution in [0.4, 0.5) is 10.1 Å². The van der Waals surface area contributed by atoms with Gasteiger partial charge < -0.3 is 5.32 Å². The molecule has 1 N–H and O–H groups in total. The zero-order valence-corrected chi connectivity index (χ0v) is 6.65. The Labute approximate surface area is 69.4 Å². The Morgan fingerprint density at radius 1 is 1.50 bits per heavy atom. The number of aryl methyl sites for hydroxylation is 1. The van der Waals surface area contributed by atoms with E-state index >= 15 is 0 Å². The van der Waals surface area contributed by atoms with Crippen molar-refractivity contribution in [2.75, 3.05) is 5.32 Å². The number of benzene rings is 1. The van der Waals surface area contributed by atoms with E-state index in [1.165, 1.54) is 6.07 Å². The van der Waals surface area contributed by atoms with Gasteiger partial charge in [0, 0.05) is 5.69 Å². The van der Waals surface area contributed by atoms with Crippen LogP contribution in [0.15, 0.2) is 12.1 Å². The normalized spacial score (nSPS) is 14.3. The first-order chi connectivity index (χ1) is 5.66. The summed E-state index contributed by atoms with van der Waals surface area (Å²) in [5.41, 5.74) is 2.07. The summed E-state index contributed by atoms with van der Waals surface area (Å²) in [4.78, 5) is 10.9. The van der Waals surface area contributed by atoms with Crippen molar-refractivity contribution in [2.24, 2.45) is 0 Å². The number of rotatable bonds is 0. The minimum Gasteiger partial charge on any atom is -0.326 e. The number of carbonyl (C=O) groups is 1. The van der Waals surface area contributed by atoms with E-state index < -0.39 is 0 Å². The van der Waals surface area contributed by atoms with Gasteiger partial charge in [-0.1, -0.05) is 0 Å². The fraction of sp³-hybridized carbons (Fsp3) is 0.222. The van der Waals surface area contributed by atoms with E-state index in [9.17, 15) is 9.18 Å². The van der Waals surface area contributed by atoms with Crippen LogP contribution in [0.5, 0.6) is 0 Å². The number of amides is 1. The van der Waals surface area contributed by atoms with E-state index in [1.54, 1.807) is 13.0 Å². The van der Waals surface area contributed by atoms with Gasteiger partial charge in [-0.25, -0.2) is 4.39 Å². The highest BCUT2D eigenvalue weighted by Gasteiger charge is 2.18. The molecule has 1 aromatic rings. The maximum atomic E-state index is 13.0. The summed E-state index contributed by atoms with van der Waals surface area (Å²) in [6, 6.07) is 3.08. The number of nitrogens with one attached hydrogen (secondary N) is 1. The maximum absolute atomic E-state index is 13.0. The molecule has 0 fully saturated rings. The van der Waals surface area contributed by atoms with Gasteiger partial charge in [0.2, 0.25) is 5.91 Å². The van der Waals surface area contributed by atoms with E-state index in [0.29, 0.717) is 12.0 Å². The van der Waals surface area contributed by atoms with Gasteiger partial charge in [-0.3, -0.25) is 4.79 Å². The molecule has 2 nitrogen and oxygen atoms in total. The molecular formula is C9H8FNO. The summed E-state index contributed by atoms with van der Waals surface area (Å²) in [7, 11) is 0. The monoisotopic (exact) mass is 165 g/mol. The second-order valence-electron chi connectivity index (χ2n) is 2.98. The van der Waals surface area contributed by atoms with Gasteiger partial charge in [-0.15, -0.1) is 0 Å². The minimum atomic E-state index is -0.245. The summed E-state index contributed by atoms with van der Waals surface area (Å²) in [6.07, 6.45) is 0.298. The first-order valence-corrected chi connectivity index (χ1v) is 3.75. The van der Waals surface area contributed by atoms with Crippen LogP contribution in [0, 0.1) is 12.7 Å². The van der Waals surface area contributed by atoms with Crippen molar-refractivity contribution < 1.29 is 9.18 Å². The molecule has 12 heavy (non-hydrogen) atoms. The molecule has 0 bridgehead atoms. The number of hydrogen-bond acceptors (Lipinski definition) is 1. The fourth-order valence-corrected chi connectivity index (χ4v) is 1.35. The smallest absolute Gasteiger partial charge is 0.228 e. The number of hydrogen-bond donors (Lipinski definition) is 1. The zero-order valence-electron chi connectivity index (χ0n) is 6.65. The van der Waals surface area contributed by atoms with Crippen molar-refractivity contribution in [1.29, 1.82) is 0 Å². The van der Waals surface area contributed by atoms with Gasteiger partial charge in [0.25, 0.3) is 0 Å². The molecule has 1 heterocycles. The topological polar surface area (TPSA) is 29.1 Å². The minimum absolute atomic E-state index is 0.0602. The van der Waals surface area contributed by atoms with E-state index in [-0.39, 0.29) is 11.7 Å². The summed E-state index contributed by atoms with van der Waals surface area (Å²) >= 11 is 0. The molecule has 1 aliphatic heterocycles. The van der Waals surface area contributed by atoms with Crippen LogP contribution >= 0.6 is 0 Å². The second-order valence-corrected chi connectivity index (χ2v) is 2.98. The Morgan fingerprint density at radius 3 is 3.00 bits per heavy atom. The molecule has 62 valence electrons. The van der Waals surface area contributed by atoms with E-state index in [1.807, 2.05) is 0 Å². The molecule has 3 heteroatoms. The molecule has 1 aliphatic rings. The molecular weight excluding hydrogens is 157 g/mol. The van der Waals surface area contributed by atoms with Gasteiger partial charge >= 0.3 is 0 Å². The summed E-state index contributed by atoms with van der Waals surface area (Å²) in [5, 5.41) is 2.66. The summed E-state index contributed by atoms with van der Waals surface area (Å²) in [5.74, 6) is -0.305. The van der Waals surface area contributed by atoms with Crippen molar-refractivity contribution in [3.8, 4) is 0 Å². The van der Waals surface area contributed by atoms with Gasteiger partial charge in [0.15, 0.2) is 0 Å². The second kappa shape index (κ2) is 2.30. The summed E-state index contributed by atoms with van der Waals surface area (Å²) in [6.45, 7) is 1.68. The molecule has 0 saturated carbocycles. The van der Waals surface area contributed by atoms with E-state index in [0.717, 1.165) is 11.3 Å². The van der Waals surface area contributed by atoms with Crippen molar-refractivity contribution in [3.05, 3.63) is 29.1 Å². The molecule has 0 aromatic heterocycles. The largest absolute Gasteiger partial charge is 0.326 e. The van der Waals surface area contributed by atoms with Crippen LogP contribution in [0.2, 0.25) is 0 Å². The Balaban J connectivity index is 2.55. The summed E-state index contributed by atoms with van der Waals surface area (Å²) < 4.78 is 13.0. The van der Waals surface area contributed by atoms with Gasteiger partial charge in [-0.05, 0) is 30.2 Å². The van der Waals surface area contributed by atoms with Crippen molar-refractivity contribution >= 4 is 11.6 Å². The van der Waals surface area contributed by atoms with Gasteiger partial charge in [0.1, 0.15) is 5.82 Å². The Bertz CT molecular complexity index is 327. The highest BCUT2D eigenvalue weighted by Crippen LogP contribution is 2.25. The third kappa shape index (κ3) is 0.978. The number of halogens is 1. The molecule has 0 aliphatic carbocycles. The predicted molar refractivity (Wildman–Crippen MR) is 43.5 cm³/mol. The highest BCUT2D eigenvalue weighted by atomic mass is 19.1. The fourth-order valence-electron chi connectivity index (χ4n) is 1.35. The zero-order chi connectivity index (χ0) is 8.72. The van der Waals surface area contributed by atoms with Crippen LogP contribution in [-0.2, 0) is 11.2 Å². The van der Waals surface area contributed by atoms with Crippen LogP contribution in [0.25, 0.3) is 0 Å². The standard InChI is InChI=1S/C9H8FNO/c1-5-2-8-6(3-7(5)10)4-9(12)11-8/h2-3H,4H2,1H3,(H,11,12). The lowest BCUT2D eigenvalue weighted by Gasteiger charge is -2.00. The number of fused-ring (bicyclic) bond motifs is 1. The first-order valence-electron chi connectivity index (χ1n) is 3.75. The molecule has 0 atom stereocenters. The predicted octanol–water partition coefficient (Wildman–Crippen LogP) is 1.63. The average molecular weight is 165 g/mol. The van der Waals surface area contributed by atoms with Gasteiger partial charge in [-0.2, -0.15) is 0 Å². The molecule has 0 unspecified atom stereocenters. The SMILES string of the molecule is Cc1cc2c(cc1F)CC(=O)N2. The molecule has 2 rings (SSSR count). The average Bonchev–Trinajstić information content (AvgIpc) is 2.30. The van der Waals surface area contributed by atoms with E-state index in [4.69, 9.17) is 0 Å². The first kappa shape index (κ1) is 7.28. The van der Waals surface area contributed by atoms with Gasteiger partial charge in [0.05, 0.1) is 6.42 Å². The van der Waals surface area contributed by atoms with Crippen molar-refractivity contribution in [3.63, 3.8) is 0 Å². The van der Waals surface area contributed by atoms with Crippen LogP contribution in [0.1, 0.15) is 11.1 Å². The Morgan fingerprint density at radius 2 is 2.25 bits per heavy atom. The maximum Gasteiger partial charge on any atom is 0.228 e. The Hall–Kier alpha value is -1.38. The molecule has 0 radical (unpaired) electrons. The van der Waals surface area contributed by atoms with Crippen LogP contribution < -0.4 is 5.32 Å². The highest BCUT2D eigenvalue weighted by molar-refractivity contribution is 5.99. The lowest BCUT2D eigenvalue weighted by Crippen LogP contribution is -2.03. The third-order valence-corrected chi connectivity index (χ3v) is 2.01. The molecule has 0 spiro atoms. The van der Waals surface area contributed by atoms with Crippen molar-refractivity contribution in [1.82, 2.24) is 0 Å². The third-order valence-electron chi connectivity index (χ3n) is 2.01. The Kier molecular flexibility index (Phi) is 1.40. The van der Waals surface area contributed by atoms with E-state index in [2.05, 4.69) is 5.32 Å². The molecule has 0 saturated heterocycles. The van der Waals surface area contributed by atoms with Crippen LogP contribution in [0.3, 0.4) is 0 Å². The van der Waals surface area contributed by atoms with Crippen molar-refractivity contribution in [2.45, 2.75) is 13.3 Å². The number of anilines is 1. The quantitative estimate of drug-likeness (QED) is 0.622. The lowest BCUT2D eigenvalue weighted by atomic mass is 10.1. The number of carbonyl (C=O) groups excluding carboxylic acids is 1.